The predicted octanol–water partition coefficient (Wildman–Crippen LogP) is 1.65. The van der Waals surface area contributed by atoms with Gasteiger partial charge in [0.1, 0.15) is 0 Å². The molecule has 0 aromatic carbocycles. The second kappa shape index (κ2) is 8.74. The first-order chi connectivity index (χ1) is 7.88. The summed E-state index contributed by atoms with van der Waals surface area (Å²) in [4.78, 5) is 2.60. The number of nitrogens with zero attached hydrogens (tertiary/aromatic N) is 1. The summed E-state index contributed by atoms with van der Waals surface area (Å²) in [5.74, 6) is 0. The van der Waals surface area contributed by atoms with Crippen molar-refractivity contribution in [1.29, 1.82) is 0 Å². The van der Waals surface area contributed by atoms with Crippen LogP contribution < -0.4 is 5.32 Å². The van der Waals surface area contributed by atoms with E-state index >= 15 is 0 Å². The minimum atomic E-state index is 0.713. The van der Waals surface area contributed by atoms with Gasteiger partial charge in [0.25, 0.3) is 0 Å². The zero-order chi connectivity index (χ0) is 11.6. The average molecular weight is 226 g/mol. The SMILES string of the molecule is C=CCCN1CCCCC1CNCCOC. The predicted molar refractivity (Wildman–Crippen MR) is 68.8 cm³/mol. The van der Waals surface area contributed by atoms with E-state index in [1.807, 2.05) is 6.08 Å². The minimum Gasteiger partial charge on any atom is -0.383 e. The molecule has 1 N–H and O–H groups in total. The van der Waals surface area contributed by atoms with Crippen molar-refractivity contribution in [3.63, 3.8) is 0 Å². The average Bonchev–Trinajstić information content (AvgIpc) is 2.33. The molecule has 0 saturated carbocycles. The monoisotopic (exact) mass is 226 g/mol. The smallest absolute Gasteiger partial charge is 0.0587 e. The largest absolute Gasteiger partial charge is 0.383 e. The van der Waals surface area contributed by atoms with Crippen LogP contribution in [0.25, 0.3) is 0 Å². The minimum absolute atomic E-state index is 0.713. The highest BCUT2D eigenvalue weighted by atomic mass is 16.5. The molecule has 1 aliphatic heterocycles. The lowest BCUT2D eigenvalue weighted by molar-refractivity contribution is 0.142. The van der Waals surface area contributed by atoms with Crippen LogP contribution in [0.1, 0.15) is 25.7 Å². The van der Waals surface area contributed by atoms with Crippen molar-refractivity contribution < 1.29 is 4.74 Å². The number of piperidine rings is 1. The van der Waals surface area contributed by atoms with Crippen LogP contribution in [0.3, 0.4) is 0 Å². The summed E-state index contributed by atoms with van der Waals surface area (Å²) in [6.07, 6.45) is 7.18. The maximum atomic E-state index is 5.03. The molecule has 0 radical (unpaired) electrons. The van der Waals surface area contributed by atoms with E-state index in [-0.39, 0.29) is 0 Å². The second-order valence-corrected chi connectivity index (χ2v) is 4.46. The highest BCUT2D eigenvalue weighted by Crippen LogP contribution is 2.16. The summed E-state index contributed by atoms with van der Waals surface area (Å²) in [6.45, 7) is 9.08. The first-order valence-electron chi connectivity index (χ1n) is 6.43. The van der Waals surface area contributed by atoms with Crippen LogP contribution >= 0.6 is 0 Å². The third-order valence-electron chi connectivity index (χ3n) is 3.23. The van der Waals surface area contributed by atoms with Gasteiger partial charge in [0, 0.05) is 32.8 Å². The van der Waals surface area contributed by atoms with Crippen molar-refractivity contribution in [2.45, 2.75) is 31.7 Å². The molecule has 0 aliphatic carbocycles. The van der Waals surface area contributed by atoms with Crippen LogP contribution in [0, 0.1) is 0 Å². The van der Waals surface area contributed by atoms with E-state index < -0.39 is 0 Å². The number of likely N-dealkylation sites (tertiary alicyclic amines) is 1. The Morgan fingerprint density at radius 3 is 3.12 bits per heavy atom. The highest BCUT2D eigenvalue weighted by Gasteiger charge is 2.20. The maximum Gasteiger partial charge on any atom is 0.0587 e. The molecule has 0 amide bonds. The van der Waals surface area contributed by atoms with Crippen molar-refractivity contribution in [2.75, 3.05) is 39.9 Å². The van der Waals surface area contributed by atoms with Crippen LogP contribution in [-0.2, 0) is 4.74 Å². The Morgan fingerprint density at radius 2 is 2.38 bits per heavy atom. The fraction of sp³-hybridized carbons (Fsp3) is 0.846. The lowest BCUT2D eigenvalue weighted by Crippen LogP contribution is -2.46. The third kappa shape index (κ3) is 5.10. The Bertz CT molecular complexity index is 185. The molecule has 1 fully saturated rings. The quantitative estimate of drug-likeness (QED) is 0.503. The highest BCUT2D eigenvalue weighted by molar-refractivity contribution is 4.80. The number of rotatable bonds is 8. The van der Waals surface area contributed by atoms with Gasteiger partial charge in [0.05, 0.1) is 6.61 Å². The molecule has 3 nitrogen and oxygen atoms in total. The molecule has 94 valence electrons. The molecular formula is C13H26N2O. The van der Waals surface area contributed by atoms with E-state index in [1.165, 1.54) is 32.4 Å². The number of methoxy groups -OCH3 is 1. The summed E-state index contributed by atoms with van der Waals surface area (Å²) < 4.78 is 5.03. The molecule has 1 saturated heterocycles. The lowest BCUT2D eigenvalue weighted by Gasteiger charge is -2.35. The van der Waals surface area contributed by atoms with Gasteiger partial charge >= 0.3 is 0 Å². The molecule has 0 aromatic rings. The van der Waals surface area contributed by atoms with Gasteiger partial charge in [0.15, 0.2) is 0 Å². The topological polar surface area (TPSA) is 24.5 Å². The van der Waals surface area contributed by atoms with Crippen molar-refractivity contribution in [1.82, 2.24) is 10.2 Å². The zero-order valence-corrected chi connectivity index (χ0v) is 10.6. The van der Waals surface area contributed by atoms with Gasteiger partial charge in [0.2, 0.25) is 0 Å². The van der Waals surface area contributed by atoms with Gasteiger partial charge in [-0.15, -0.1) is 6.58 Å². The van der Waals surface area contributed by atoms with Gasteiger partial charge in [-0.2, -0.15) is 0 Å². The Labute approximate surface area is 99.8 Å². The van der Waals surface area contributed by atoms with E-state index in [0.717, 1.165) is 26.1 Å². The van der Waals surface area contributed by atoms with Crippen molar-refractivity contribution >= 4 is 0 Å². The van der Waals surface area contributed by atoms with Gasteiger partial charge in [-0.1, -0.05) is 12.5 Å². The number of hydrogen-bond donors (Lipinski definition) is 1. The molecule has 3 heteroatoms. The van der Waals surface area contributed by atoms with Crippen molar-refractivity contribution in [3.05, 3.63) is 12.7 Å². The van der Waals surface area contributed by atoms with E-state index in [4.69, 9.17) is 4.74 Å². The summed E-state index contributed by atoms with van der Waals surface area (Å²) in [5, 5.41) is 3.47. The third-order valence-corrected chi connectivity index (χ3v) is 3.23. The Kier molecular flexibility index (Phi) is 7.47. The number of ether oxygens (including phenoxy) is 1. The first kappa shape index (κ1) is 13.7. The molecule has 1 aliphatic rings. The van der Waals surface area contributed by atoms with Gasteiger partial charge in [-0.25, -0.2) is 0 Å². The number of hydrogen-bond acceptors (Lipinski definition) is 3. The molecule has 1 atom stereocenters. The van der Waals surface area contributed by atoms with Crippen LogP contribution in [0.15, 0.2) is 12.7 Å². The maximum absolute atomic E-state index is 5.03. The summed E-state index contributed by atoms with van der Waals surface area (Å²) >= 11 is 0. The summed E-state index contributed by atoms with van der Waals surface area (Å²) in [6, 6.07) is 0.713. The summed E-state index contributed by atoms with van der Waals surface area (Å²) in [5.41, 5.74) is 0. The van der Waals surface area contributed by atoms with Crippen molar-refractivity contribution in [3.8, 4) is 0 Å². The van der Waals surface area contributed by atoms with Crippen molar-refractivity contribution in [2.24, 2.45) is 0 Å². The Hall–Kier alpha value is -0.380. The van der Waals surface area contributed by atoms with Crippen LogP contribution in [-0.4, -0.2) is 50.8 Å². The molecule has 0 aromatic heterocycles. The molecular weight excluding hydrogens is 200 g/mol. The second-order valence-electron chi connectivity index (χ2n) is 4.46. The summed E-state index contributed by atoms with van der Waals surface area (Å²) in [7, 11) is 1.75. The van der Waals surface area contributed by atoms with Crippen LogP contribution in [0.2, 0.25) is 0 Å². The zero-order valence-electron chi connectivity index (χ0n) is 10.6. The standard InChI is InChI=1S/C13H26N2O/c1-3-4-9-15-10-6-5-7-13(15)12-14-8-11-16-2/h3,13-14H,1,4-12H2,2H3. The first-order valence-corrected chi connectivity index (χ1v) is 6.43. The normalized spacial score (nSPS) is 22.2. The van der Waals surface area contributed by atoms with Crippen LogP contribution in [0.4, 0.5) is 0 Å². The molecule has 0 spiro atoms. The molecule has 1 rings (SSSR count). The van der Waals surface area contributed by atoms with E-state index in [2.05, 4.69) is 16.8 Å². The Morgan fingerprint density at radius 1 is 1.50 bits per heavy atom. The molecule has 0 bridgehead atoms. The van der Waals surface area contributed by atoms with Gasteiger partial charge in [-0.3, -0.25) is 4.90 Å². The molecule has 1 heterocycles. The Balaban J connectivity index is 2.20. The van der Waals surface area contributed by atoms with E-state index in [0.29, 0.717) is 6.04 Å². The number of nitrogens with one attached hydrogen (secondary N) is 1. The molecule has 1 unspecified atom stereocenters. The fourth-order valence-corrected chi connectivity index (χ4v) is 2.29. The molecule has 16 heavy (non-hydrogen) atoms. The van der Waals surface area contributed by atoms with E-state index in [9.17, 15) is 0 Å². The van der Waals surface area contributed by atoms with Gasteiger partial charge < -0.3 is 10.1 Å². The lowest BCUT2D eigenvalue weighted by atomic mass is 10.0. The fourth-order valence-electron chi connectivity index (χ4n) is 2.29. The van der Waals surface area contributed by atoms with E-state index in [1.54, 1.807) is 7.11 Å². The van der Waals surface area contributed by atoms with Crippen LogP contribution in [0.5, 0.6) is 0 Å². The van der Waals surface area contributed by atoms with Gasteiger partial charge in [-0.05, 0) is 25.8 Å².